The molecule has 0 saturated heterocycles. The van der Waals surface area contributed by atoms with Crippen molar-refractivity contribution < 1.29 is 8.85 Å². The van der Waals surface area contributed by atoms with Crippen molar-refractivity contribution in [2.24, 2.45) is 0 Å². The van der Waals surface area contributed by atoms with Crippen LogP contribution >= 0.6 is 0 Å². The molecule has 0 fully saturated rings. The molecule has 0 amide bonds. The highest BCUT2D eigenvalue weighted by Gasteiger charge is 2.27. The van der Waals surface area contributed by atoms with Gasteiger partial charge in [0.05, 0.1) is 11.6 Å². The molecule has 110 valence electrons. The van der Waals surface area contributed by atoms with Gasteiger partial charge in [-0.25, -0.2) is 4.98 Å². The van der Waals surface area contributed by atoms with Crippen LogP contribution in [0.4, 0.5) is 0 Å². The molecule has 1 atom stereocenters. The van der Waals surface area contributed by atoms with E-state index < -0.39 is 22.7 Å². The molecule has 0 radical (unpaired) electrons. The van der Waals surface area contributed by atoms with Crippen LogP contribution in [0.3, 0.4) is 0 Å². The highest BCUT2D eigenvalue weighted by atomic mass is 28.4. The van der Waals surface area contributed by atoms with E-state index in [4.69, 9.17) is 8.85 Å². The standard InChI is InChI=1S/C14H24N2O2Si2/c1-11-8-9-12(13(10-15)17-19(2,3)4)14(16-11)18-20(5,6)7/h8-9,13H,1-7H3. The monoisotopic (exact) mass is 308 g/mol. The molecular formula is C14H24N2O2Si2. The number of pyridine rings is 1. The SMILES string of the molecule is Cc1ccc(C(C#N)O[Si](C)(C)C)c(O[Si](C)(C)C)n1. The Bertz CT molecular complexity index is 513. The van der Waals surface area contributed by atoms with Crippen LogP contribution in [0.2, 0.25) is 39.3 Å². The van der Waals surface area contributed by atoms with Crippen molar-refractivity contribution in [3.05, 3.63) is 23.4 Å². The van der Waals surface area contributed by atoms with E-state index in [2.05, 4.69) is 50.3 Å². The molecule has 20 heavy (non-hydrogen) atoms. The summed E-state index contributed by atoms with van der Waals surface area (Å²) in [6.45, 7) is 14.4. The molecule has 0 aliphatic rings. The van der Waals surface area contributed by atoms with Crippen LogP contribution in [-0.4, -0.2) is 21.6 Å². The van der Waals surface area contributed by atoms with Crippen LogP contribution < -0.4 is 4.43 Å². The molecule has 0 aromatic carbocycles. The first-order valence-corrected chi connectivity index (χ1v) is 13.6. The molecule has 6 heteroatoms. The van der Waals surface area contributed by atoms with Gasteiger partial charge in [-0.15, -0.1) is 0 Å². The van der Waals surface area contributed by atoms with Gasteiger partial charge in [0.1, 0.15) is 0 Å². The summed E-state index contributed by atoms with van der Waals surface area (Å²) >= 11 is 0. The van der Waals surface area contributed by atoms with E-state index in [1.165, 1.54) is 0 Å². The summed E-state index contributed by atoms with van der Waals surface area (Å²) in [5.41, 5.74) is 1.62. The third kappa shape index (κ3) is 5.45. The van der Waals surface area contributed by atoms with E-state index in [0.717, 1.165) is 11.3 Å². The van der Waals surface area contributed by atoms with Gasteiger partial charge in [0, 0.05) is 5.69 Å². The Balaban J connectivity index is 3.19. The van der Waals surface area contributed by atoms with Crippen LogP contribution in [-0.2, 0) is 4.43 Å². The van der Waals surface area contributed by atoms with E-state index in [1.54, 1.807) is 0 Å². The lowest BCUT2D eigenvalue weighted by Crippen LogP contribution is -2.32. The molecule has 0 bridgehead atoms. The van der Waals surface area contributed by atoms with Crippen molar-refractivity contribution in [2.45, 2.75) is 52.3 Å². The number of hydrogen-bond donors (Lipinski definition) is 0. The minimum Gasteiger partial charge on any atom is -0.531 e. The van der Waals surface area contributed by atoms with E-state index >= 15 is 0 Å². The maximum Gasteiger partial charge on any atom is 0.244 e. The summed E-state index contributed by atoms with van der Waals surface area (Å²) in [4.78, 5) is 4.45. The summed E-state index contributed by atoms with van der Waals surface area (Å²) < 4.78 is 12.0. The summed E-state index contributed by atoms with van der Waals surface area (Å²) in [5.74, 6) is 0.550. The summed E-state index contributed by atoms with van der Waals surface area (Å²) in [6.07, 6.45) is -0.610. The fraction of sp³-hybridized carbons (Fsp3) is 0.571. The van der Waals surface area contributed by atoms with Gasteiger partial charge in [-0.05, 0) is 58.3 Å². The van der Waals surface area contributed by atoms with E-state index in [-0.39, 0.29) is 0 Å². The lowest BCUT2D eigenvalue weighted by Gasteiger charge is -2.25. The third-order valence-electron chi connectivity index (χ3n) is 2.30. The minimum absolute atomic E-state index is 0.550. The number of nitrogens with zero attached hydrogens (tertiary/aromatic N) is 2. The Hall–Kier alpha value is -1.17. The molecule has 4 nitrogen and oxygen atoms in total. The first-order valence-electron chi connectivity index (χ1n) is 6.76. The molecule has 1 aromatic rings. The highest BCUT2D eigenvalue weighted by molar-refractivity contribution is 6.70. The summed E-state index contributed by atoms with van der Waals surface area (Å²) in [5, 5.41) is 9.41. The normalized spacial score (nSPS) is 13.7. The Morgan fingerprint density at radius 1 is 1.10 bits per heavy atom. The van der Waals surface area contributed by atoms with Gasteiger partial charge < -0.3 is 8.85 Å². The maximum atomic E-state index is 9.41. The smallest absolute Gasteiger partial charge is 0.244 e. The molecule has 0 aliphatic heterocycles. The number of rotatable bonds is 5. The van der Waals surface area contributed by atoms with Crippen LogP contribution in [0, 0.1) is 18.3 Å². The predicted octanol–water partition coefficient (Wildman–Crippen LogP) is 4.02. The molecule has 0 aliphatic carbocycles. The van der Waals surface area contributed by atoms with Crippen LogP contribution in [0.15, 0.2) is 12.1 Å². The number of aryl methyl sites for hydroxylation is 1. The van der Waals surface area contributed by atoms with Gasteiger partial charge in [-0.2, -0.15) is 5.26 Å². The van der Waals surface area contributed by atoms with Crippen molar-refractivity contribution in [3.8, 4) is 11.9 Å². The molecule has 1 rings (SSSR count). The maximum absolute atomic E-state index is 9.41. The molecule has 1 heterocycles. The lowest BCUT2D eigenvalue weighted by atomic mass is 10.1. The molecule has 0 N–H and O–H groups in total. The van der Waals surface area contributed by atoms with Crippen molar-refractivity contribution in [3.63, 3.8) is 0 Å². The van der Waals surface area contributed by atoms with Gasteiger partial charge in [0.2, 0.25) is 14.2 Å². The van der Waals surface area contributed by atoms with Crippen molar-refractivity contribution >= 4 is 16.6 Å². The first kappa shape index (κ1) is 16.9. The highest BCUT2D eigenvalue weighted by Crippen LogP contribution is 2.30. The van der Waals surface area contributed by atoms with Crippen molar-refractivity contribution in [1.82, 2.24) is 4.98 Å². The van der Waals surface area contributed by atoms with Gasteiger partial charge in [-0.1, -0.05) is 0 Å². The zero-order valence-electron chi connectivity index (χ0n) is 13.4. The Morgan fingerprint density at radius 2 is 1.70 bits per heavy atom. The molecule has 1 unspecified atom stereocenters. The topological polar surface area (TPSA) is 55.1 Å². The van der Waals surface area contributed by atoms with Gasteiger partial charge >= 0.3 is 0 Å². The minimum atomic E-state index is -1.81. The number of nitriles is 1. The average Bonchev–Trinajstić information content (AvgIpc) is 2.23. The van der Waals surface area contributed by atoms with Gasteiger partial charge in [0.15, 0.2) is 14.4 Å². The van der Waals surface area contributed by atoms with E-state index in [1.807, 2.05) is 19.1 Å². The lowest BCUT2D eigenvalue weighted by molar-refractivity contribution is 0.250. The Morgan fingerprint density at radius 3 is 2.15 bits per heavy atom. The second-order valence-corrected chi connectivity index (χ2v) is 15.7. The fourth-order valence-electron chi connectivity index (χ4n) is 1.63. The second-order valence-electron chi connectivity index (χ2n) is 6.80. The molecular weight excluding hydrogens is 284 g/mol. The number of aromatic nitrogens is 1. The van der Waals surface area contributed by atoms with E-state index in [9.17, 15) is 5.26 Å². The van der Waals surface area contributed by atoms with Crippen LogP contribution in [0.5, 0.6) is 5.88 Å². The van der Waals surface area contributed by atoms with E-state index in [0.29, 0.717) is 5.88 Å². The van der Waals surface area contributed by atoms with Gasteiger partial charge in [-0.3, -0.25) is 0 Å². The molecule has 0 spiro atoms. The summed E-state index contributed by atoms with van der Waals surface area (Å²) in [6, 6.07) is 6.02. The predicted molar refractivity (Wildman–Crippen MR) is 85.7 cm³/mol. The molecule has 1 aromatic heterocycles. The zero-order valence-corrected chi connectivity index (χ0v) is 15.4. The Kier molecular flexibility index (Phi) is 5.13. The average molecular weight is 309 g/mol. The number of hydrogen-bond acceptors (Lipinski definition) is 4. The molecule has 0 saturated carbocycles. The van der Waals surface area contributed by atoms with Gasteiger partial charge in [0.25, 0.3) is 0 Å². The third-order valence-corrected chi connectivity index (χ3v) is 4.05. The van der Waals surface area contributed by atoms with Crippen LogP contribution in [0.25, 0.3) is 0 Å². The largest absolute Gasteiger partial charge is 0.531 e. The summed E-state index contributed by atoms with van der Waals surface area (Å²) in [7, 11) is -3.60. The quantitative estimate of drug-likeness (QED) is 0.771. The van der Waals surface area contributed by atoms with Crippen LogP contribution in [0.1, 0.15) is 17.4 Å². The second kappa shape index (κ2) is 6.08. The zero-order chi connectivity index (χ0) is 15.6. The van der Waals surface area contributed by atoms with Crippen molar-refractivity contribution in [1.29, 1.82) is 5.26 Å². The first-order chi connectivity index (χ1) is 9.02. The van der Waals surface area contributed by atoms with Crippen molar-refractivity contribution in [2.75, 3.05) is 0 Å². The fourth-order valence-corrected chi connectivity index (χ4v) is 3.26. The Labute approximate surface area is 124 Å².